The molecule has 2 amide bonds. The largest absolute Gasteiger partial charge is 0.339 e. The Morgan fingerprint density at radius 3 is 2.34 bits per heavy atom. The molecule has 4 rings (SSSR count). The topological polar surface area (TPSA) is 53.5 Å². The van der Waals surface area contributed by atoms with Gasteiger partial charge in [0.15, 0.2) is 0 Å². The first-order valence-electron chi connectivity index (χ1n) is 10.8. The minimum absolute atomic E-state index is 0.101. The van der Waals surface area contributed by atoms with Crippen LogP contribution in [0.3, 0.4) is 0 Å². The zero-order valence-corrected chi connectivity index (χ0v) is 17.1. The van der Waals surface area contributed by atoms with Gasteiger partial charge in [-0.3, -0.25) is 14.6 Å². The molecule has 0 radical (unpaired) electrons. The van der Waals surface area contributed by atoms with E-state index in [1.54, 1.807) is 12.4 Å². The highest BCUT2D eigenvalue weighted by atomic mass is 16.2. The lowest BCUT2D eigenvalue weighted by atomic mass is 9.83. The summed E-state index contributed by atoms with van der Waals surface area (Å²) in [4.78, 5) is 34.0. The Balaban J connectivity index is 1.53. The van der Waals surface area contributed by atoms with Crippen molar-refractivity contribution in [2.75, 3.05) is 19.6 Å². The summed E-state index contributed by atoms with van der Waals surface area (Å²) in [6, 6.07) is 11.9. The zero-order chi connectivity index (χ0) is 20.2. The molecule has 29 heavy (non-hydrogen) atoms. The fraction of sp³-hybridized carbons (Fsp3) is 0.458. The van der Waals surface area contributed by atoms with Crippen LogP contribution in [0.5, 0.6) is 0 Å². The number of carbonyl (C=O) groups excluding carboxylic acids is 2. The maximum atomic E-state index is 13.2. The van der Waals surface area contributed by atoms with Gasteiger partial charge in [0.05, 0.1) is 0 Å². The summed E-state index contributed by atoms with van der Waals surface area (Å²) in [5.41, 5.74) is 3.34. The molecule has 1 saturated carbocycles. The van der Waals surface area contributed by atoms with E-state index in [4.69, 9.17) is 0 Å². The van der Waals surface area contributed by atoms with Crippen molar-refractivity contribution in [1.29, 1.82) is 0 Å². The van der Waals surface area contributed by atoms with Crippen molar-refractivity contribution >= 4 is 11.8 Å². The van der Waals surface area contributed by atoms with Crippen molar-refractivity contribution in [1.82, 2.24) is 14.8 Å². The Hall–Kier alpha value is -2.69. The van der Waals surface area contributed by atoms with E-state index in [-0.39, 0.29) is 23.8 Å². The minimum Gasteiger partial charge on any atom is -0.339 e. The van der Waals surface area contributed by atoms with E-state index in [9.17, 15) is 9.59 Å². The van der Waals surface area contributed by atoms with Crippen LogP contribution in [-0.4, -0.2) is 52.3 Å². The number of carbonyl (C=O) groups is 2. The normalized spacial score (nSPS) is 19.9. The second-order valence-corrected chi connectivity index (χ2v) is 8.14. The maximum absolute atomic E-state index is 13.2. The maximum Gasteiger partial charge on any atom is 0.245 e. The minimum atomic E-state index is -0.379. The summed E-state index contributed by atoms with van der Waals surface area (Å²) in [5.74, 6) is 0.403. The second-order valence-electron chi connectivity index (χ2n) is 8.14. The molecule has 2 aromatic rings. The molecule has 2 heterocycles. The van der Waals surface area contributed by atoms with E-state index < -0.39 is 0 Å². The van der Waals surface area contributed by atoms with Crippen LogP contribution in [0.1, 0.15) is 38.2 Å². The van der Waals surface area contributed by atoms with Crippen molar-refractivity contribution in [3.63, 3.8) is 0 Å². The van der Waals surface area contributed by atoms with Crippen molar-refractivity contribution in [2.45, 2.75) is 45.1 Å². The predicted molar refractivity (Wildman–Crippen MR) is 113 cm³/mol. The molecule has 1 aliphatic carbocycles. The van der Waals surface area contributed by atoms with Gasteiger partial charge in [0, 0.05) is 44.4 Å². The van der Waals surface area contributed by atoms with Crippen LogP contribution in [0.4, 0.5) is 0 Å². The van der Waals surface area contributed by atoms with Crippen molar-refractivity contribution in [2.24, 2.45) is 5.92 Å². The van der Waals surface area contributed by atoms with Gasteiger partial charge in [0.25, 0.3) is 0 Å². The summed E-state index contributed by atoms with van der Waals surface area (Å²) in [6.07, 6.45) is 8.16. The third-order valence-corrected chi connectivity index (χ3v) is 6.21. The Kier molecular flexibility index (Phi) is 5.93. The molecule has 1 aromatic heterocycles. The molecule has 2 fully saturated rings. The van der Waals surface area contributed by atoms with E-state index in [0.29, 0.717) is 19.5 Å². The number of piperazine rings is 1. The predicted octanol–water partition coefficient (Wildman–Crippen LogP) is 3.54. The molecule has 1 aromatic carbocycles. The van der Waals surface area contributed by atoms with E-state index in [2.05, 4.69) is 36.2 Å². The lowest BCUT2D eigenvalue weighted by Crippen LogP contribution is -2.60. The Morgan fingerprint density at radius 2 is 1.72 bits per heavy atom. The lowest BCUT2D eigenvalue weighted by molar-refractivity contribution is -0.155. The molecule has 1 atom stereocenters. The fourth-order valence-electron chi connectivity index (χ4n) is 4.28. The summed E-state index contributed by atoms with van der Waals surface area (Å²) in [7, 11) is 0. The molecule has 0 spiro atoms. The number of rotatable bonds is 6. The third kappa shape index (κ3) is 4.19. The molecule has 2 aliphatic rings. The summed E-state index contributed by atoms with van der Waals surface area (Å²) >= 11 is 0. The van der Waals surface area contributed by atoms with E-state index >= 15 is 0 Å². The van der Waals surface area contributed by atoms with Crippen LogP contribution >= 0.6 is 0 Å². The smallest absolute Gasteiger partial charge is 0.245 e. The number of nitrogens with zero attached hydrogens (tertiary/aromatic N) is 3. The number of benzene rings is 1. The van der Waals surface area contributed by atoms with E-state index in [1.165, 1.54) is 0 Å². The van der Waals surface area contributed by atoms with Gasteiger partial charge in [-0.2, -0.15) is 0 Å². The number of amides is 2. The molecule has 152 valence electrons. The van der Waals surface area contributed by atoms with Crippen LogP contribution in [-0.2, 0) is 16.0 Å². The number of pyridine rings is 1. The zero-order valence-electron chi connectivity index (χ0n) is 17.1. The van der Waals surface area contributed by atoms with Crippen LogP contribution < -0.4 is 0 Å². The van der Waals surface area contributed by atoms with Gasteiger partial charge in [-0.1, -0.05) is 37.6 Å². The van der Waals surface area contributed by atoms with Gasteiger partial charge in [0.1, 0.15) is 6.04 Å². The summed E-state index contributed by atoms with van der Waals surface area (Å²) in [6.45, 7) is 4.16. The molecular weight excluding hydrogens is 362 g/mol. The van der Waals surface area contributed by atoms with Gasteiger partial charge < -0.3 is 9.80 Å². The molecule has 5 heteroatoms. The van der Waals surface area contributed by atoms with Crippen LogP contribution in [0.2, 0.25) is 0 Å². The highest BCUT2D eigenvalue weighted by molar-refractivity contribution is 5.90. The Labute approximate surface area is 172 Å². The van der Waals surface area contributed by atoms with Crippen LogP contribution in [0.15, 0.2) is 48.8 Å². The van der Waals surface area contributed by atoms with Crippen LogP contribution in [0.25, 0.3) is 11.1 Å². The van der Waals surface area contributed by atoms with Gasteiger partial charge >= 0.3 is 0 Å². The first kappa shape index (κ1) is 19.6. The molecule has 5 nitrogen and oxygen atoms in total. The fourth-order valence-corrected chi connectivity index (χ4v) is 4.28. The summed E-state index contributed by atoms with van der Waals surface area (Å²) in [5, 5.41) is 0. The Bertz CT molecular complexity index is 846. The number of hydrogen-bond donors (Lipinski definition) is 0. The Morgan fingerprint density at radius 1 is 1.03 bits per heavy atom. The third-order valence-electron chi connectivity index (χ3n) is 6.21. The van der Waals surface area contributed by atoms with Crippen LogP contribution in [0, 0.1) is 5.92 Å². The monoisotopic (exact) mass is 391 g/mol. The summed E-state index contributed by atoms with van der Waals surface area (Å²) < 4.78 is 0. The van der Waals surface area contributed by atoms with E-state index in [1.807, 2.05) is 21.9 Å². The average Bonchev–Trinajstić information content (AvgIpc) is 2.71. The average molecular weight is 392 g/mol. The van der Waals surface area contributed by atoms with Gasteiger partial charge in [-0.25, -0.2) is 0 Å². The quantitative estimate of drug-likeness (QED) is 0.757. The second kappa shape index (κ2) is 8.76. The van der Waals surface area contributed by atoms with Gasteiger partial charge in [-0.05, 0) is 48.1 Å². The van der Waals surface area contributed by atoms with Crippen molar-refractivity contribution < 1.29 is 9.59 Å². The van der Waals surface area contributed by atoms with Gasteiger partial charge in [-0.15, -0.1) is 0 Å². The first-order chi connectivity index (χ1) is 14.2. The lowest BCUT2D eigenvalue weighted by Gasteiger charge is -2.43. The molecule has 1 aliphatic heterocycles. The van der Waals surface area contributed by atoms with Crippen molar-refractivity contribution in [3.05, 3.63) is 54.4 Å². The standard InChI is InChI=1S/C24H29N3O2/c1-2-14-26-15-16-27(23(28)21-4-3-5-21)22(24(26)29)17-18-6-8-19(9-7-18)20-10-12-25-13-11-20/h6-13,21-22H,2-5,14-17H2,1H3. The molecular formula is C24H29N3O2. The molecule has 1 saturated heterocycles. The highest BCUT2D eigenvalue weighted by Crippen LogP contribution is 2.30. The molecule has 1 unspecified atom stereocenters. The first-order valence-corrected chi connectivity index (χ1v) is 10.8. The van der Waals surface area contributed by atoms with E-state index in [0.717, 1.165) is 48.9 Å². The highest BCUT2D eigenvalue weighted by Gasteiger charge is 2.40. The van der Waals surface area contributed by atoms with Gasteiger partial charge in [0.2, 0.25) is 11.8 Å². The molecule has 0 bridgehead atoms. The number of hydrogen-bond acceptors (Lipinski definition) is 3. The SMILES string of the molecule is CCCN1CCN(C(=O)C2CCC2)C(Cc2ccc(-c3ccncc3)cc2)C1=O. The number of aromatic nitrogens is 1. The van der Waals surface area contributed by atoms with Crippen molar-refractivity contribution in [3.8, 4) is 11.1 Å². The molecule has 0 N–H and O–H groups in total.